The summed E-state index contributed by atoms with van der Waals surface area (Å²) in [6.45, 7) is 2.10. The molecule has 0 heterocycles. The minimum atomic E-state index is -1.13. The second kappa shape index (κ2) is 11.5. The van der Waals surface area contributed by atoms with Gasteiger partial charge in [0.25, 0.3) is 0 Å². The predicted molar refractivity (Wildman–Crippen MR) is 137 cm³/mol. The van der Waals surface area contributed by atoms with E-state index < -0.39 is 24.0 Å². The van der Waals surface area contributed by atoms with E-state index in [1.807, 2.05) is 73.7 Å². The van der Waals surface area contributed by atoms with Gasteiger partial charge < -0.3 is 15.2 Å². The second-order valence-electron chi connectivity index (χ2n) is 8.87. The van der Waals surface area contributed by atoms with Crippen LogP contribution in [0.5, 0.6) is 0 Å². The number of hydrogen-bond acceptors (Lipinski definition) is 4. The molecule has 3 aromatic carbocycles. The fourth-order valence-corrected chi connectivity index (χ4v) is 4.65. The number of rotatable bonds is 10. The first-order valence-corrected chi connectivity index (χ1v) is 12.1. The van der Waals surface area contributed by atoms with Gasteiger partial charge in [-0.25, -0.2) is 9.59 Å². The molecule has 0 aromatic heterocycles. The molecule has 0 fully saturated rings. The standard InChI is InChI=1S/C29H30N2O5/c1-2-16-31(18-27(32)30-26(28(33)34)17-20-10-4-3-5-11-20)29(35)36-19-25-23-14-8-6-12-21(23)22-13-7-9-15-24(22)25/h3-15,25-26H,2,16-19H2,1H3,(H,30,32)(H,33,34)/t26-/m0/s1. The van der Waals surface area contributed by atoms with Crippen molar-refractivity contribution in [1.29, 1.82) is 0 Å². The summed E-state index contributed by atoms with van der Waals surface area (Å²) in [6, 6.07) is 24.2. The molecule has 1 atom stereocenters. The molecule has 0 saturated heterocycles. The van der Waals surface area contributed by atoms with Crippen LogP contribution < -0.4 is 5.32 Å². The van der Waals surface area contributed by atoms with Crippen molar-refractivity contribution in [3.05, 3.63) is 95.6 Å². The van der Waals surface area contributed by atoms with Crippen molar-refractivity contribution in [3.63, 3.8) is 0 Å². The summed E-state index contributed by atoms with van der Waals surface area (Å²) in [5, 5.41) is 12.1. The fourth-order valence-electron chi connectivity index (χ4n) is 4.65. The SMILES string of the molecule is CCCN(CC(=O)N[C@@H](Cc1ccccc1)C(=O)O)C(=O)OCC1c2ccccc2-c2ccccc21. The van der Waals surface area contributed by atoms with Gasteiger partial charge in [0.15, 0.2) is 0 Å². The minimum absolute atomic E-state index is 0.0825. The van der Waals surface area contributed by atoms with E-state index in [1.165, 1.54) is 4.90 Å². The number of ether oxygens (including phenoxy) is 1. The van der Waals surface area contributed by atoms with Gasteiger partial charge in [-0.3, -0.25) is 9.69 Å². The van der Waals surface area contributed by atoms with Crippen LogP contribution in [-0.4, -0.2) is 53.7 Å². The van der Waals surface area contributed by atoms with Crippen LogP contribution in [0.1, 0.15) is 36.0 Å². The zero-order valence-corrected chi connectivity index (χ0v) is 20.2. The minimum Gasteiger partial charge on any atom is -0.480 e. The molecule has 36 heavy (non-hydrogen) atoms. The highest BCUT2D eigenvalue weighted by Gasteiger charge is 2.30. The van der Waals surface area contributed by atoms with E-state index in [0.29, 0.717) is 13.0 Å². The number of nitrogens with zero attached hydrogens (tertiary/aromatic N) is 1. The highest BCUT2D eigenvalue weighted by Crippen LogP contribution is 2.44. The Morgan fingerprint density at radius 3 is 2.08 bits per heavy atom. The van der Waals surface area contributed by atoms with Crippen molar-refractivity contribution in [2.45, 2.75) is 31.7 Å². The molecule has 0 spiro atoms. The molecule has 3 aromatic rings. The topological polar surface area (TPSA) is 95.9 Å². The largest absolute Gasteiger partial charge is 0.480 e. The maximum Gasteiger partial charge on any atom is 0.410 e. The van der Waals surface area contributed by atoms with Crippen LogP contribution in [-0.2, 0) is 20.7 Å². The number of nitrogens with one attached hydrogen (secondary N) is 1. The monoisotopic (exact) mass is 486 g/mol. The van der Waals surface area contributed by atoms with E-state index in [9.17, 15) is 19.5 Å². The van der Waals surface area contributed by atoms with Gasteiger partial charge in [-0.15, -0.1) is 0 Å². The summed E-state index contributed by atoms with van der Waals surface area (Å²) in [7, 11) is 0. The number of carbonyl (C=O) groups excluding carboxylic acids is 2. The van der Waals surface area contributed by atoms with Gasteiger partial charge in [0.1, 0.15) is 19.2 Å². The third-order valence-electron chi connectivity index (χ3n) is 6.34. The number of hydrogen-bond donors (Lipinski definition) is 2. The average molecular weight is 487 g/mol. The molecule has 0 radical (unpaired) electrons. The van der Waals surface area contributed by atoms with E-state index in [2.05, 4.69) is 17.4 Å². The van der Waals surface area contributed by atoms with Crippen molar-refractivity contribution < 1.29 is 24.2 Å². The summed E-state index contributed by atoms with van der Waals surface area (Å²) < 4.78 is 5.69. The molecule has 0 unspecified atom stereocenters. The Hall–Kier alpha value is -4.13. The highest BCUT2D eigenvalue weighted by atomic mass is 16.6. The quantitative estimate of drug-likeness (QED) is 0.441. The van der Waals surface area contributed by atoms with Crippen LogP contribution in [0.25, 0.3) is 11.1 Å². The number of carboxylic acids is 1. The van der Waals surface area contributed by atoms with Crippen molar-refractivity contribution in [2.24, 2.45) is 0 Å². The molecule has 1 aliphatic rings. The zero-order chi connectivity index (χ0) is 25.5. The van der Waals surface area contributed by atoms with Crippen LogP contribution in [0, 0.1) is 0 Å². The summed E-state index contributed by atoms with van der Waals surface area (Å²) in [5.74, 6) is -1.75. The van der Waals surface area contributed by atoms with E-state index in [0.717, 1.165) is 27.8 Å². The van der Waals surface area contributed by atoms with Crippen LogP contribution in [0.2, 0.25) is 0 Å². The van der Waals surface area contributed by atoms with E-state index >= 15 is 0 Å². The molecular weight excluding hydrogens is 456 g/mol. The lowest BCUT2D eigenvalue weighted by molar-refractivity contribution is -0.141. The summed E-state index contributed by atoms with van der Waals surface area (Å²) in [4.78, 5) is 38.7. The van der Waals surface area contributed by atoms with Gasteiger partial charge in [-0.1, -0.05) is 85.8 Å². The van der Waals surface area contributed by atoms with Crippen molar-refractivity contribution >= 4 is 18.0 Å². The van der Waals surface area contributed by atoms with Crippen molar-refractivity contribution in [3.8, 4) is 11.1 Å². The summed E-state index contributed by atoms with van der Waals surface area (Å²) in [5.41, 5.74) is 5.29. The molecule has 0 aliphatic heterocycles. The lowest BCUT2D eigenvalue weighted by atomic mass is 9.98. The molecule has 2 amide bonds. The lowest BCUT2D eigenvalue weighted by Crippen LogP contribution is -2.48. The molecule has 0 saturated carbocycles. The van der Waals surface area contributed by atoms with E-state index in [1.54, 1.807) is 0 Å². The smallest absolute Gasteiger partial charge is 0.410 e. The summed E-state index contributed by atoms with van der Waals surface area (Å²) in [6.07, 6.45) is 0.189. The Balaban J connectivity index is 1.39. The lowest BCUT2D eigenvalue weighted by Gasteiger charge is -2.23. The highest BCUT2D eigenvalue weighted by molar-refractivity contribution is 5.87. The Bertz CT molecular complexity index is 1180. The van der Waals surface area contributed by atoms with Gasteiger partial charge in [0, 0.05) is 18.9 Å². The van der Waals surface area contributed by atoms with Crippen molar-refractivity contribution in [2.75, 3.05) is 19.7 Å². The molecule has 7 heteroatoms. The van der Waals surface area contributed by atoms with Gasteiger partial charge in [-0.2, -0.15) is 0 Å². The Labute approximate surface area is 210 Å². The van der Waals surface area contributed by atoms with Gasteiger partial charge in [-0.05, 0) is 34.2 Å². The molecule has 2 N–H and O–H groups in total. The number of fused-ring (bicyclic) bond motifs is 3. The number of carboxylic acid groups (broad SMARTS) is 1. The van der Waals surface area contributed by atoms with Crippen LogP contribution >= 0.6 is 0 Å². The fraction of sp³-hybridized carbons (Fsp3) is 0.276. The zero-order valence-electron chi connectivity index (χ0n) is 20.2. The summed E-state index contributed by atoms with van der Waals surface area (Å²) >= 11 is 0. The maximum atomic E-state index is 13.0. The molecule has 1 aliphatic carbocycles. The Kier molecular flexibility index (Phi) is 8.00. The molecular formula is C29H30N2O5. The normalized spacial score (nSPS) is 12.8. The Morgan fingerprint density at radius 2 is 1.50 bits per heavy atom. The Morgan fingerprint density at radius 1 is 0.917 bits per heavy atom. The van der Waals surface area contributed by atoms with Gasteiger partial charge in [0.2, 0.25) is 5.91 Å². The molecule has 4 rings (SSSR count). The first-order valence-electron chi connectivity index (χ1n) is 12.1. The molecule has 0 bridgehead atoms. The molecule has 7 nitrogen and oxygen atoms in total. The van der Waals surface area contributed by atoms with E-state index in [-0.39, 0.29) is 25.5 Å². The predicted octanol–water partition coefficient (Wildman–Crippen LogP) is 4.46. The first kappa shape index (κ1) is 25.0. The number of benzene rings is 3. The van der Waals surface area contributed by atoms with Gasteiger partial charge >= 0.3 is 12.1 Å². The average Bonchev–Trinajstić information content (AvgIpc) is 3.21. The van der Waals surface area contributed by atoms with Crippen LogP contribution in [0.3, 0.4) is 0 Å². The number of amides is 2. The van der Waals surface area contributed by atoms with Crippen molar-refractivity contribution in [1.82, 2.24) is 10.2 Å². The van der Waals surface area contributed by atoms with Crippen LogP contribution in [0.15, 0.2) is 78.9 Å². The first-order chi connectivity index (χ1) is 17.5. The third kappa shape index (κ3) is 5.74. The number of carbonyl (C=O) groups is 3. The maximum absolute atomic E-state index is 13.0. The van der Waals surface area contributed by atoms with Crippen LogP contribution in [0.4, 0.5) is 4.79 Å². The van der Waals surface area contributed by atoms with Gasteiger partial charge in [0.05, 0.1) is 0 Å². The number of aliphatic carboxylic acids is 1. The second-order valence-corrected chi connectivity index (χ2v) is 8.87. The van der Waals surface area contributed by atoms with E-state index in [4.69, 9.17) is 4.74 Å². The third-order valence-corrected chi connectivity index (χ3v) is 6.34. The molecule has 186 valence electrons.